The highest BCUT2D eigenvalue weighted by molar-refractivity contribution is 5.79. The Morgan fingerprint density at radius 1 is 1.35 bits per heavy atom. The van der Waals surface area contributed by atoms with Gasteiger partial charge < -0.3 is 15.8 Å². The minimum atomic E-state index is -0.0952. The highest BCUT2D eigenvalue weighted by Crippen LogP contribution is 2.24. The number of ether oxygens (including phenoxy) is 1. The first kappa shape index (κ1) is 17.4. The maximum absolute atomic E-state index is 12.3. The summed E-state index contributed by atoms with van der Waals surface area (Å²) >= 11 is 0. The molecule has 2 unspecified atom stereocenters. The van der Waals surface area contributed by atoms with Gasteiger partial charge in [-0.15, -0.1) is 0 Å². The zero-order valence-electron chi connectivity index (χ0n) is 13.4. The molecule has 0 saturated carbocycles. The molecule has 1 heterocycles. The van der Waals surface area contributed by atoms with Crippen LogP contribution in [0.5, 0.6) is 0 Å². The molecular formula is C15H31N3O2. The van der Waals surface area contributed by atoms with Gasteiger partial charge in [-0.25, -0.2) is 0 Å². The SMILES string of the molecule is CC(CN1CCOCC1)NC(=O)C(CN)CC(C)(C)C. The van der Waals surface area contributed by atoms with E-state index < -0.39 is 0 Å². The lowest BCUT2D eigenvalue weighted by molar-refractivity contribution is -0.126. The fraction of sp³-hybridized carbons (Fsp3) is 0.933. The molecule has 1 aliphatic rings. The smallest absolute Gasteiger partial charge is 0.224 e. The highest BCUT2D eigenvalue weighted by atomic mass is 16.5. The van der Waals surface area contributed by atoms with Crippen LogP contribution in [0.1, 0.15) is 34.1 Å². The predicted octanol–water partition coefficient (Wildman–Crippen LogP) is 0.834. The summed E-state index contributed by atoms with van der Waals surface area (Å²) in [6.45, 7) is 13.2. The van der Waals surface area contributed by atoms with E-state index in [1.807, 2.05) is 0 Å². The Morgan fingerprint density at radius 3 is 2.45 bits per heavy atom. The Bertz CT molecular complexity index is 296. The van der Waals surface area contributed by atoms with E-state index >= 15 is 0 Å². The van der Waals surface area contributed by atoms with Gasteiger partial charge in [0.15, 0.2) is 0 Å². The molecule has 0 spiro atoms. The van der Waals surface area contributed by atoms with E-state index in [1.165, 1.54) is 0 Å². The summed E-state index contributed by atoms with van der Waals surface area (Å²) in [5.41, 5.74) is 5.87. The minimum Gasteiger partial charge on any atom is -0.379 e. The van der Waals surface area contributed by atoms with Gasteiger partial charge in [-0.05, 0) is 18.8 Å². The molecule has 0 aromatic heterocycles. The van der Waals surface area contributed by atoms with Crippen molar-refractivity contribution in [3.05, 3.63) is 0 Å². The Kier molecular flexibility index (Phi) is 6.92. The molecule has 2 atom stereocenters. The van der Waals surface area contributed by atoms with Crippen molar-refractivity contribution in [2.75, 3.05) is 39.4 Å². The predicted molar refractivity (Wildman–Crippen MR) is 81.5 cm³/mol. The Morgan fingerprint density at radius 2 is 1.95 bits per heavy atom. The lowest BCUT2D eigenvalue weighted by Gasteiger charge is -2.30. The second-order valence-corrected chi connectivity index (χ2v) is 7.02. The van der Waals surface area contributed by atoms with Crippen molar-refractivity contribution in [1.29, 1.82) is 0 Å². The number of hydrogen-bond acceptors (Lipinski definition) is 4. The maximum Gasteiger partial charge on any atom is 0.224 e. The number of nitrogens with zero attached hydrogens (tertiary/aromatic N) is 1. The van der Waals surface area contributed by atoms with Crippen LogP contribution in [0.2, 0.25) is 0 Å². The highest BCUT2D eigenvalue weighted by Gasteiger charge is 2.25. The standard InChI is InChI=1S/C15H31N3O2/c1-12(11-18-5-7-20-8-6-18)17-14(19)13(10-16)9-15(2,3)4/h12-13H,5-11,16H2,1-4H3,(H,17,19). The molecule has 1 fully saturated rings. The van der Waals surface area contributed by atoms with E-state index in [2.05, 4.69) is 37.9 Å². The molecule has 118 valence electrons. The largest absolute Gasteiger partial charge is 0.379 e. The van der Waals surface area contributed by atoms with Gasteiger partial charge in [0, 0.05) is 32.2 Å². The van der Waals surface area contributed by atoms with Gasteiger partial charge in [-0.1, -0.05) is 20.8 Å². The van der Waals surface area contributed by atoms with Crippen LogP contribution in [0.3, 0.4) is 0 Å². The van der Waals surface area contributed by atoms with Crippen molar-refractivity contribution in [2.24, 2.45) is 17.1 Å². The number of nitrogens with two attached hydrogens (primary N) is 1. The quantitative estimate of drug-likeness (QED) is 0.759. The van der Waals surface area contributed by atoms with E-state index in [0.717, 1.165) is 39.3 Å². The summed E-state index contributed by atoms with van der Waals surface area (Å²) in [5.74, 6) is -0.00896. The van der Waals surface area contributed by atoms with Crippen LogP contribution < -0.4 is 11.1 Å². The number of hydrogen-bond donors (Lipinski definition) is 2. The van der Waals surface area contributed by atoms with Crippen LogP contribution >= 0.6 is 0 Å². The maximum atomic E-state index is 12.3. The van der Waals surface area contributed by atoms with E-state index in [-0.39, 0.29) is 23.3 Å². The number of nitrogens with one attached hydrogen (secondary N) is 1. The van der Waals surface area contributed by atoms with Gasteiger partial charge in [0.25, 0.3) is 0 Å². The molecule has 20 heavy (non-hydrogen) atoms. The second kappa shape index (κ2) is 7.96. The molecule has 1 rings (SSSR count). The van der Waals surface area contributed by atoms with Gasteiger partial charge in [0.1, 0.15) is 0 Å². The molecule has 0 aromatic rings. The molecule has 1 saturated heterocycles. The minimum absolute atomic E-state index is 0.0863. The third-order valence-corrected chi connectivity index (χ3v) is 3.54. The van der Waals surface area contributed by atoms with E-state index in [4.69, 9.17) is 10.5 Å². The first-order chi connectivity index (χ1) is 9.31. The third-order valence-electron chi connectivity index (χ3n) is 3.54. The van der Waals surface area contributed by atoms with Crippen molar-refractivity contribution in [3.63, 3.8) is 0 Å². The van der Waals surface area contributed by atoms with Crippen molar-refractivity contribution >= 4 is 5.91 Å². The molecular weight excluding hydrogens is 254 g/mol. The zero-order chi connectivity index (χ0) is 15.2. The monoisotopic (exact) mass is 285 g/mol. The average molecular weight is 285 g/mol. The molecule has 1 aliphatic heterocycles. The lowest BCUT2D eigenvalue weighted by Crippen LogP contribution is -2.48. The molecule has 0 radical (unpaired) electrons. The van der Waals surface area contributed by atoms with Crippen molar-refractivity contribution in [2.45, 2.75) is 40.2 Å². The van der Waals surface area contributed by atoms with Crippen molar-refractivity contribution < 1.29 is 9.53 Å². The van der Waals surface area contributed by atoms with Crippen LogP contribution in [-0.2, 0) is 9.53 Å². The van der Waals surface area contributed by atoms with Gasteiger partial charge in [0.05, 0.1) is 19.1 Å². The molecule has 0 aliphatic carbocycles. The molecule has 0 aromatic carbocycles. The first-order valence-electron chi connectivity index (χ1n) is 7.62. The fourth-order valence-corrected chi connectivity index (χ4v) is 2.60. The normalized spacial score (nSPS) is 20.4. The molecule has 0 bridgehead atoms. The Hall–Kier alpha value is -0.650. The fourth-order valence-electron chi connectivity index (χ4n) is 2.60. The second-order valence-electron chi connectivity index (χ2n) is 7.02. The number of amides is 1. The molecule has 1 amide bonds. The topological polar surface area (TPSA) is 67.6 Å². The molecule has 5 nitrogen and oxygen atoms in total. The number of rotatable bonds is 6. The summed E-state index contributed by atoms with van der Waals surface area (Å²) in [4.78, 5) is 14.6. The summed E-state index contributed by atoms with van der Waals surface area (Å²) in [5, 5.41) is 3.10. The van der Waals surface area contributed by atoms with Gasteiger partial charge >= 0.3 is 0 Å². The Balaban J connectivity index is 2.38. The number of morpholine rings is 1. The molecule has 3 N–H and O–H groups in total. The summed E-state index contributed by atoms with van der Waals surface area (Å²) < 4.78 is 5.33. The first-order valence-corrected chi connectivity index (χ1v) is 7.62. The Labute approximate surface area is 123 Å². The summed E-state index contributed by atoms with van der Waals surface area (Å²) in [6, 6.07) is 0.148. The van der Waals surface area contributed by atoms with Crippen LogP contribution in [-0.4, -0.2) is 56.2 Å². The van der Waals surface area contributed by atoms with Crippen LogP contribution in [0.15, 0.2) is 0 Å². The van der Waals surface area contributed by atoms with Gasteiger partial charge in [0.2, 0.25) is 5.91 Å². The van der Waals surface area contributed by atoms with Crippen LogP contribution in [0, 0.1) is 11.3 Å². The summed E-state index contributed by atoms with van der Waals surface area (Å²) in [6.07, 6.45) is 0.819. The average Bonchev–Trinajstić information content (AvgIpc) is 2.35. The van der Waals surface area contributed by atoms with Crippen molar-refractivity contribution in [3.8, 4) is 0 Å². The van der Waals surface area contributed by atoms with Gasteiger partial charge in [-0.2, -0.15) is 0 Å². The van der Waals surface area contributed by atoms with E-state index in [9.17, 15) is 4.79 Å². The lowest BCUT2D eigenvalue weighted by atomic mass is 9.84. The summed E-state index contributed by atoms with van der Waals surface area (Å²) in [7, 11) is 0. The van der Waals surface area contributed by atoms with E-state index in [1.54, 1.807) is 0 Å². The molecule has 5 heteroatoms. The van der Waals surface area contributed by atoms with Crippen LogP contribution in [0.4, 0.5) is 0 Å². The number of carbonyl (C=O) groups excluding carboxylic acids is 1. The van der Waals surface area contributed by atoms with Crippen LogP contribution in [0.25, 0.3) is 0 Å². The van der Waals surface area contributed by atoms with E-state index in [0.29, 0.717) is 6.54 Å². The van der Waals surface area contributed by atoms with Crippen molar-refractivity contribution in [1.82, 2.24) is 10.2 Å². The van der Waals surface area contributed by atoms with Gasteiger partial charge in [-0.3, -0.25) is 9.69 Å². The number of carbonyl (C=O) groups is 1. The zero-order valence-corrected chi connectivity index (χ0v) is 13.4. The third kappa shape index (κ3) is 6.68.